The number of unbranched alkanes of at least 4 members (excludes halogenated alkanes) is 14. The van der Waals surface area contributed by atoms with Crippen LogP contribution >= 0.6 is 0 Å². The van der Waals surface area contributed by atoms with E-state index in [9.17, 15) is 0 Å². The van der Waals surface area contributed by atoms with Crippen LogP contribution in [0.5, 0.6) is 0 Å². The van der Waals surface area contributed by atoms with Gasteiger partial charge in [-0.05, 0) is 18.9 Å². The van der Waals surface area contributed by atoms with Crippen LogP contribution in [-0.4, -0.2) is 18.6 Å². The standard InChI is InChI=1S/C27H48N.FH/c1-4-5-6-7-8-9-10-11-12-13-14-15-16-17-18-22-25-28(2,3)26-27-23-20-19-21-24-27;/h19-25H,4-18,26H2,1-3H3;1H/q+1;/p-1. The van der Waals surface area contributed by atoms with Crippen LogP contribution in [0, 0.1) is 0 Å². The number of benzene rings is 1. The molecule has 0 spiro atoms. The first-order valence-electron chi connectivity index (χ1n) is 12.2. The van der Waals surface area contributed by atoms with Crippen LogP contribution in [0.4, 0.5) is 0 Å². The monoisotopic (exact) mass is 405 g/mol. The maximum atomic E-state index is 2.39. The fourth-order valence-electron chi connectivity index (χ4n) is 3.92. The molecule has 0 aliphatic carbocycles. The summed E-state index contributed by atoms with van der Waals surface area (Å²) in [5, 5.41) is 0. The highest BCUT2D eigenvalue weighted by Crippen LogP contribution is 2.14. The summed E-state index contributed by atoms with van der Waals surface area (Å²) in [6.07, 6.45) is 26.1. The van der Waals surface area contributed by atoms with Crippen molar-refractivity contribution >= 4 is 0 Å². The molecule has 0 amide bonds. The molecule has 2 heteroatoms. The molecule has 1 rings (SSSR count). The lowest BCUT2D eigenvalue weighted by atomic mass is 10.0. The van der Waals surface area contributed by atoms with Crippen molar-refractivity contribution in [3.8, 4) is 0 Å². The van der Waals surface area contributed by atoms with Gasteiger partial charge < -0.3 is 4.70 Å². The third kappa shape index (κ3) is 17.4. The van der Waals surface area contributed by atoms with E-state index >= 15 is 0 Å². The van der Waals surface area contributed by atoms with Gasteiger partial charge in [-0.2, -0.15) is 0 Å². The molecule has 0 radical (unpaired) electrons. The smallest absolute Gasteiger partial charge is 0.108 e. The van der Waals surface area contributed by atoms with E-state index in [-0.39, 0.29) is 4.70 Å². The third-order valence-corrected chi connectivity index (χ3v) is 5.67. The highest BCUT2D eigenvalue weighted by molar-refractivity contribution is 5.13. The number of rotatable bonds is 18. The Morgan fingerprint density at radius 1 is 0.655 bits per heavy atom. The Morgan fingerprint density at radius 2 is 1.10 bits per heavy atom. The molecule has 1 nitrogen and oxygen atoms in total. The number of hydrogen-bond donors (Lipinski definition) is 0. The van der Waals surface area contributed by atoms with E-state index in [0.717, 1.165) is 11.0 Å². The summed E-state index contributed by atoms with van der Waals surface area (Å²) in [6.45, 7) is 3.36. The van der Waals surface area contributed by atoms with E-state index < -0.39 is 0 Å². The van der Waals surface area contributed by atoms with E-state index in [1.165, 1.54) is 102 Å². The van der Waals surface area contributed by atoms with Crippen molar-refractivity contribution in [2.45, 2.75) is 110 Å². The zero-order valence-electron chi connectivity index (χ0n) is 19.7. The highest BCUT2D eigenvalue weighted by Gasteiger charge is 2.11. The zero-order valence-corrected chi connectivity index (χ0v) is 19.7. The molecule has 168 valence electrons. The molecule has 1 aromatic carbocycles. The van der Waals surface area contributed by atoms with Gasteiger partial charge in [0.1, 0.15) is 6.54 Å². The molecule has 0 unspecified atom stereocenters. The average molecular weight is 406 g/mol. The van der Waals surface area contributed by atoms with Crippen LogP contribution in [0.1, 0.15) is 109 Å². The number of allylic oxidation sites excluding steroid dienone is 1. The molecular formula is C27H48FN. The largest absolute Gasteiger partial charge is 1.00 e. The first-order chi connectivity index (χ1) is 13.6. The van der Waals surface area contributed by atoms with E-state index in [4.69, 9.17) is 0 Å². The quantitative estimate of drug-likeness (QED) is 0.219. The van der Waals surface area contributed by atoms with Gasteiger partial charge >= 0.3 is 0 Å². The summed E-state index contributed by atoms with van der Waals surface area (Å²) >= 11 is 0. The van der Waals surface area contributed by atoms with Crippen LogP contribution in [0.25, 0.3) is 0 Å². The van der Waals surface area contributed by atoms with Gasteiger partial charge in [-0.1, -0.05) is 121 Å². The first kappa shape index (κ1) is 27.8. The van der Waals surface area contributed by atoms with Crippen molar-refractivity contribution in [3.05, 3.63) is 48.2 Å². The Morgan fingerprint density at radius 3 is 1.59 bits per heavy atom. The Hall–Kier alpha value is -1.15. The summed E-state index contributed by atoms with van der Waals surface area (Å²) in [5.41, 5.74) is 1.41. The Bertz CT molecular complexity index is 481. The van der Waals surface area contributed by atoms with Gasteiger partial charge in [0, 0.05) is 5.56 Å². The normalized spacial score (nSPS) is 11.7. The minimum absolute atomic E-state index is 0. The zero-order chi connectivity index (χ0) is 20.3. The van der Waals surface area contributed by atoms with E-state index in [1.54, 1.807) is 0 Å². The third-order valence-electron chi connectivity index (χ3n) is 5.67. The number of nitrogens with zero attached hydrogens (tertiary/aromatic N) is 1. The molecule has 0 bridgehead atoms. The minimum atomic E-state index is 0. The lowest BCUT2D eigenvalue weighted by molar-refractivity contribution is -0.852. The summed E-state index contributed by atoms with van der Waals surface area (Å²) in [4.78, 5) is 0. The summed E-state index contributed by atoms with van der Waals surface area (Å²) in [6, 6.07) is 10.8. The molecule has 0 heterocycles. The second-order valence-electron chi connectivity index (χ2n) is 9.19. The van der Waals surface area contributed by atoms with Crippen molar-refractivity contribution in [1.29, 1.82) is 0 Å². The molecule has 0 aromatic heterocycles. The minimum Gasteiger partial charge on any atom is -1.00 e. The maximum Gasteiger partial charge on any atom is 0.108 e. The summed E-state index contributed by atoms with van der Waals surface area (Å²) in [5.74, 6) is 0. The number of hydrogen-bond acceptors (Lipinski definition) is 0. The molecule has 0 fully saturated rings. The van der Waals surface area contributed by atoms with Crippen molar-refractivity contribution in [3.63, 3.8) is 0 Å². The SMILES string of the molecule is CCCCCCCCCCCCCCCCC=C[N+](C)(C)Cc1ccccc1.[F-]. The molecule has 0 saturated heterocycles. The Kier molecular flexibility index (Phi) is 18.1. The van der Waals surface area contributed by atoms with Gasteiger partial charge in [0.2, 0.25) is 0 Å². The topological polar surface area (TPSA) is 0 Å². The molecule has 0 aliphatic heterocycles. The fourth-order valence-corrected chi connectivity index (χ4v) is 3.92. The van der Waals surface area contributed by atoms with E-state index in [1.807, 2.05) is 0 Å². The van der Waals surface area contributed by atoms with E-state index in [0.29, 0.717) is 0 Å². The van der Waals surface area contributed by atoms with Crippen LogP contribution in [-0.2, 0) is 6.54 Å². The molecule has 0 atom stereocenters. The predicted molar refractivity (Wildman–Crippen MR) is 126 cm³/mol. The molecular weight excluding hydrogens is 357 g/mol. The second-order valence-corrected chi connectivity index (χ2v) is 9.19. The second kappa shape index (κ2) is 18.9. The average Bonchev–Trinajstić information content (AvgIpc) is 2.68. The van der Waals surface area contributed by atoms with Crippen LogP contribution in [0.3, 0.4) is 0 Å². The first-order valence-corrected chi connectivity index (χ1v) is 12.2. The Labute approximate surface area is 181 Å². The van der Waals surface area contributed by atoms with Crippen LogP contribution in [0.15, 0.2) is 42.6 Å². The highest BCUT2D eigenvalue weighted by atomic mass is 19.0. The fraction of sp³-hybridized carbons (Fsp3) is 0.704. The predicted octanol–water partition coefficient (Wildman–Crippen LogP) is 5.65. The molecule has 0 aliphatic rings. The van der Waals surface area contributed by atoms with Gasteiger partial charge in [0.05, 0.1) is 20.3 Å². The van der Waals surface area contributed by atoms with Gasteiger partial charge in [-0.25, -0.2) is 0 Å². The number of quaternary nitrogens is 1. The van der Waals surface area contributed by atoms with E-state index in [2.05, 4.69) is 63.6 Å². The van der Waals surface area contributed by atoms with Gasteiger partial charge in [0.25, 0.3) is 0 Å². The Balaban J connectivity index is 0.00000784. The molecule has 29 heavy (non-hydrogen) atoms. The molecule has 0 saturated carbocycles. The van der Waals surface area contributed by atoms with Crippen LogP contribution in [0.2, 0.25) is 0 Å². The van der Waals surface area contributed by atoms with Crippen LogP contribution < -0.4 is 4.70 Å². The van der Waals surface area contributed by atoms with Crippen molar-refractivity contribution < 1.29 is 9.19 Å². The van der Waals surface area contributed by atoms with Crippen molar-refractivity contribution in [2.24, 2.45) is 0 Å². The van der Waals surface area contributed by atoms with Gasteiger partial charge in [0.15, 0.2) is 0 Å². The van der Waals surface area contributed by atoms with Gasteiger partial charge in [-0.3, -0.25) is 4.48 Å². The maximum absolute atomic E-state index is 2.39. The molecule has 0 N–H and O–H groups in total. The van der Waals surface area contributed by atoms with Crippen molar-refractivity contribution in [1.82, 2.24) is 0 Å². The van der Waals surface area contributed by atoms with Gasteiger partial charge in [-0.15, -0.1) is 0 Å². The molecule has 1 aromatic rings. The lowest BCUT2D eigenvalue weighted by Crippen LogP contribution is -3.00. The summed E-state index contributed by atoms with van der Waals surface area (Å²) < 4.78 is 0.933. The lowest BCUT2D eigenvalue weighted by Gasteiger charge is -2.25. The summed E-state index contributed by atoms with van der Waals surface area (Å²) in [7, 11) is 4.57. The number of halogens is 1. The van der Waals surface area contributed by atoms with Crippen molar-refractivity contribution in [2.75, 3.05) is 14.1 Å².